The maximum atomic E-state index is 6.09. The van der Waals surface area contributed by atoms with Crippen molar-refractivity contribution in [1.82, 2.24) is 0 Å². The molecule has 1 saturated carbocycles. The van der Waals surface area contributed by atoms with Crippen LogP contribution in [-0.2, 0) is 0 Å². The van der Waals surface area contributed by atoms with Gasteiger partial charge in [0.2, 0.25) is 0 Å². The van der Waals surface area contributed by atoms with E-state index in [1.54, 1.807) is 0 Å². The van der Waals surface area contributed by atoms with E-state index in [-0.39, 0.29) is 0 Å². The van der Waals surface area contributed by atoms with Crippen LogP contribution in [0.3, 0.4) is 0 Å². The summed E-state index contributed by atoms with van der Waals surface area (Å²) in [5, 5.41) is 0. The normalized spacial score (nSPS) is 19.6. The Hall–Kier alpha value is 0.290. The van der Waals surface area contributed by atoms with Crippen LogP contribution in [0.5, 0.6) is 0 Å². The Kier molecular flexibility index (Phi) is 7.52. The van der Waals surface area contributed by atoms with Gasteiger partial charge in [-0.25, -0.2) is 0 Å². The molecule has 1 atom stereocenters. The third-order valence-corrected chi connectivity index (χ3v) is 4.34. The lowest BCUT2D eigenvalue weighted by Gasteiger charge is -2.20. The van der Waals surface area contributed by atoms with Gasteiger partial charge in [-0.1, -0.05) is 64.7 Å². The van der Waals surface area contributed by atoms with E-state index in [0.29, 0.717) is 0 Å². The van der Waals surface area contributed by atoms with Gasteiger partial charge in [-0.3, -0.25) is 0 Å². The van der Waals surface area contributed by atoms with Crippen molar-refractivity contribution in [3.63, 3.8) is 0 Å². The summed E-state index contributed by atoms with van der Waals surface area (Å²) in [5.74, 6) is 2.70. The Morgan fingerprint density at radius 1 is 1.07 bits per heavy atom. The molecular weight excluding hydrogens is 204 g/mol. The minimum Gasteiger partial charge on any atom is -0.126 e. The van der Waals surface area contributed by atoms with Gasteiger partial charge in [0.1, 0.15) is 0 Å². The van der Waals surface area contributed by atoms with Crippen LogP contribution < -0.4 is 0 Å². The van der Waals surface area contributed by atoms with Gasteiger partial charge >= 0.3 is 0 Å². The van der Waals surface area contributed by atoms with Gasteiger partial charge in [0, 0.05) is 5.88 Å². The highest BCUT2D eigenvalue weighted by Crippen LogP contribution is 2.34. The fourth-order valence-corrected chi connectivity index (χ4v) is 3.28. The first-order chi connectivity index (χ1) is 7.38. The minimum absolute atomic E-state index is 0.829. The fraction of sp³-hybridized carbons (Fsp3) is 1.00. The number of hydrogen-bond donors (Lipinski definition) is 0. The summed E-state index contributed by atoms with van der Waals surface area (Å²) in [6.07, 6.45) is 14.2. The number of rotatable bonds is 8. The smallest absolute Gasteiger partial charge is 0.0254 e. The lowest BCUT2D eigenvalue weighted by atomic mass is 9.88. The molecule has 1 aliphatic carbocycles. The third kappa shape index (κ3) is 5.24. The van der Waals surface area contributed by atoms with E-state index in [4.69, 9.17) is 11.6 Å². The second-order valence-corrected chi connectivity index (χ2v) is 5.47. The molecule has 0 amide bonds. The molecule has 0 aromatic heterocycles. The molecule has 0 aromatic rings. The Labute approximate surface area is 101 Å². The Morgan fingerprint density at radius 3 is 2.33 bits per heavy atom. The molecule has 1 fully saturated rings. The zero-order valence-electron chi connectivity index (χ0n) is 10.3. The largest absolute Gasteiger partial charge is 0.126 e. The zero-order valence-corrected chi connectivity index (χ0v) is 11.1. The second kappa shape index (κ2) is 8.44. The predicted octanol–water partition coefficient (Wildman–Crippen LogP) is 5.39. The van der Waals surface area contributed by atoms with E-state index in [1.165, 1.54) is 64.2 Å². The molecule has 90 valence electrons. The van der Waals surface area contributed by atoms with Crippen molar-refractivity contribution in [3.05, 3.63) is 0 Å². The summed E-state index contributed by atoms with van der Waals surface area (Å²) in [6.45, 7) is 2.28. The average molecular weight is 231 g/mol. The van der Waals surface area contributed by atoms with Gasteiger partial charge < -0.3 is 0 Å². The Bertz CT molecular complexity index is 138. The van der Waals surface area contributed by atoms with Gasteiger partial charge in [0.15, 0.2) is 0 Å². The summed E-state index contributed by atoms with van der Waals surface area (Å²) in [7, 11) is 0. The Morgan fingerprint density at radius 2 is 1.73 bits per heavy atom. The first-order valence-electron chi connectivity index (χ1n) is 6.94. The molecule has 0 N–H and O–H groups in total. The van der Waals surface area contributed by atoms with Crippen molar-refractivity contribution in [3.8, 4) is 0 Å². The molecule has 0 aromatic carbocycles. The highest BCUT2D eigenvalue weighted by Gasteiger charge is 2.23. The van der Waals surface area contributed by atoms with Gasteiger partial charge in [-0.05, 0) is 18.3 Å². The van der Waals surface area contributed by atoms with Crippen LogP contribution in [0.25, 0.3) is 0 Å². The van der Waals surface area contributed by atoms with Crippen molar-refractivity contribution in [2.45, 2.75) is 71.1 Å². The van der Waals surface area contributed by atoms with Gasteiger partial charge in [-0.2, -0.15) is 0 Å². The molecule has 15 heavy (non-hydrogen) atoms. The molecule has 0 nitrogen and oxygen atoms in total. The molecule has 1 heteroatoms. The lowest BCUT2D eigenvalue weighted by molar-refractivity contribution is 0.337. The van der Waals surface area contributed by atoms with Gasteiger partial charge in [0.05, 0.1) is 0 Å². The maximum Gasteiger partial charge on any atom is 0.0254 e. The van der Waals surface area contributed by atoms with E-state index in [1.807, 2.05) is 0 Å². The van der Waals surface area contributed by atoms with Crippen molar-refractivity contribution in [2.75, 3.05) is 5.88 Å². The van der Waals surface area contributed by atoms with E-state index in [9.17, 15) is 0 Å². The summed E-state index contributed by atoms with van der Waals surface area (Å²) < 4.78 is 0. The van der Waals surface area contributed by atoms with Crippen LogP contribution in [0.15, 0.2) is 0 Å². The predicted molar refractivity (Wildman–Crippen MR) is 69.5 cm³/mol. The lowest BCUT2D eigenvalue weighted by Crippen LogP contribution is -2.13. The number of alkyl halides is 1. The quantitative estimate of drug-likeness (QED) is 0.387. The molecule has 0 heterocycles. The van der Waals surface area contributed by atoms with Crippen molar-refractivity contribution >= 4 is 11.6 Å². The average Bonchev–Trinajstić information content (AvgIpc) is 2.77. The monoisotopic (exact) mass is 230 g/mol. The first kappa shape index (κ1) is 13.4. The molecule has 0 saturated heterocycles. The zero-order chi connectivity index (χ0) is 10.9. The van der Waals surface area contributed by atoms with Crippen LogP contribution in [0.2, 0.25) is 0 Å². The highest BCUT2D eigenvalue weighted by atomic mass is 35.5. The topological polar surface area (TPSA) is 0 Å². The van der Waals surface area contributed by atoms with Crippen LogP contribution >= 0.6 is 11.6 Å². The van der Waals surface area contributed by atoms with Crippen molar-refractivity contribution < 1.29 is 0 Å². The summed E-state index contributed by atoms with van der Waals surface area (Å²) >= 11 is 6.09. The van der Waals surface area contributed by atoms with Gasteiger partial charge in [-0.15, -0.1) is 11.6 Å². The van der Waals surface area contributed by atoms with E-state index in [0.717, 1.165) is 17.7 Å². The molecule has 0 spiro atoms. The molecule has 0 bridgehead atoms. The second-order valence-electron chi connectivity index (χ2n) is 5.16. The summed E-state index contributed by atoms with van der Waals surface area (Å²) in [6, 6.07) is 0. The molecule has 0 aliphatic heterocycles. The number of halogens is 1. The van der Waals surface area contributed by atoms with Crippen molar-refractivity contribution in [2.24, 2.45) is 11.8 Å². The Balaban J connectivity index is 2.05. The van der Waals surface area contributed by atoms with E-state index < -0.39 is 0 Å². The highest BCUT2D eigenvalue weighted by molar-refractivity contribution is 6.18. The summed E-state index contributed by atoms with van der Waals surface area (Å²) in [5.41, 5.74) is 0. The number of unbranched alkanes of at least 4 members (excludes halogenated alkanes) is 4. The van der Waals surface area contributed by atoms with E-state index in [2.05, 4.69) is 6.92 Å². The van der Waals surface area contributed by atoms with Crippen LogP contribution in [0.1, 0.15) is 71.1 Å². The number of hydrogen-bond acceptors (Lipinski definition) is 0. The fourth-order valence-electron chi connectivity index (χ4n) is 2.88. The molecule has 1 unspecified atom stereocenters. The van der Waals surface area contributed by atoms with Crippen molar-refractivity contribution in [1.29, 1.82) is 0 Å². The SMILES string of the molecule is CCCCCCCC(CCl)C1CCCC1. The van der Waals surface area contributed by atoms with E-state index >= 15 is 0 Å². The molecule has 1 rings (SSSR count). The maximum absolute atomic E-state index is 6.09. The standard InChI is InChI=1S/C14H27Cl/c1-2-3-4-5-6-11-14(12-15)13-9-7-8-10-13/h13-14H,2-12H2,1H3. The molecule has 1 aliphatic rings. The van der Waals surface area contributed by atoms with Gasteiger partial charge in [0.25, 0.3) is 0 Å². The van der Waals surface area contributed by atoms with Crippen LogP contribution in [-0.4, -0.2) is 5.88 Å². The molecule has 0 radical (unpaired) electrons. The summed E-state index contributed by atoms with van der Waals surface area (Å²) in [4.78, 5) is 0. The third-order valence-electron chi connectivity index (χ3n) is 3.94. The first-order valence-corrected chi connectivity index (χ1v) is 7.48. The molecular formula is C14H27Cl. The minimum atomic E-state index is 0.829. The van der Waals surface area contributed by atoms with Crippen LogP contribution in [0.4, 0.5) is 0 Å². The van der Waals surface area contributed by atoms with Crippen LogP contribution in [0, 0.1) is 11.8 Å².